The number of ether oxygens (including phenoxy) is 5. The summed E-state index contributed by atoms with van der Waals surface area (Å²) in [7, 11) is 3.05. The summed E-state index contributed by atoms with van der Waals surface area (Å²) in [6.07, 6.45) is 3.02. The van der Waals surface area contributed by atoms with E-state index in [1.54, 1.807) is 18.2 Å². The zero-order chi connectivity index (χ0) is 21.2. The van der Waals surface area contributed by atoms with Crippen LogP contribution in [-0.4, -0.2) is 38.3 Å². The van der Waals surface area contributed by atoms with Gasteiger partial charge >= 0.3 is 0 Å². The van der Waals surface area contributed by atoms with Crippen LogP contribution >= 0.6 is 0 Å². The van der Waals surface area contributed by atoms with Crippen molar-refractivity contribution in [3.63, 3.8) is 0 Å². The Balaban J connectivity index is 1.64. The first-order valence-corrected chi connectivity index (χ1v) is 9.67. The Kier molecular flexibility index (Phi) is 4.00. The Labute approximate surface area is 173 Å². The lowest BCUT2D eigenvalue weighted by Crippen LogP contribution is -2.43. The van der Waals surface area contributed by atoms with Crippen molar-refractivity contribution in [3.8, 4) is 28.7 Å². The molecule has 0 amide bonds. The minimum absolute atomic E-state index is 0.0935. The molecule has 3 aliphatic heterocycles. The number of halogens is 1. The molecule has 156 valence electrons. The van der Waals surface area contributed by atoms with Gasteiger partial charge in [0.25, 0.3) is 0 Å². The second-order valence-corrected chi connectivity index (χ2v) is 8.07. The van der Waals surface area contributed by atoms with Crippen molar-refractivity contribution in [2.45, 2.75) is 31.5 Å². The summed E-state index contributed by atoms with van der Waals surface area (Å²) < 4.78 is 43.4. The van der Waals surface area contributed by atoms with E-state index in [0.717, 1.165) is 0 Å². The van der Waals surface area contributed by atoms with Crippen molar-refractivity contribution in [2.24, 2.45) is 0 Å². The molecule has 2 atom stereocenters. The van der Waals surface area contributed by atoms with Gasteiger partial charge in [-0.05, 0) is 38.1 Å². The van der Waals surface area contributed by atoms with E-state index in [1.807, 2.05) is 19.9 Å². The number of Topliss-reactive ketones (excluding diaryl/α,β-unsaturated/α-hetero) is 1. The number of carbonyl (C=O) groups is 1. The number of fused-ring (bicyclic) bond motifs is 6. The molecule has 3 aliphatic rings. The molecular weight excluding hydrogens is 390 g/mol. The molecule has 0 radical (unpaired) electrons. The number of hydrogen-bond acceptors (Lipinski definition) is 6. The van der Waals surface area contributed by atoms with Crippen LogP contribution in [0.5, 0.6) is 28.7 Å². The average molecular weight is 411 g/mol. The first-order valence-electron chi connectivity index (χ1n) is 9.67. The van der Waals surface area contributed by atoms with Gasteiger partial charge in [-0.1, -0.05) is 0 Å². The number of hydrogen-bond donors (Lipinski definition) is 0. The fourth-order valence-corrected chi connectivity index (χ4v) is 4.22. The van der Waals surface area contributed by atoms with E-state index in [2.05, 4.69) is 0 Å². The minimum atomic E-state index is -0.647. The van der Waals surface area contributed by atoms with Gasteiger partial charge in [0.2, 0.25) is 0 Å². The molecule has 6 nitrogen and oxygen atoms in total. The number of methoxy groups -OCH3 is 2. The standard InChI is InChI=1S/C23H21FO6/c1-23(2)6-5-11-21-13(7-14(24)22(11)30-23)20(25)19-12-8-16(26-3)17(27-4)9-15(12)28-10-18(19)29-21/h5-9,18-19H,10H2,1-4H3/t18-,19+/m1/s1/i24-1. The Morgan fingerprint density at radius 2 is 1.83 bits per heavy atom. The molecule has 3 heterocycles. The van der Waals surface area contributed by atoms with Gasteiger partial charge in [0.15, 0.2) is 28.8 Å². The fraction of sp³-hybridized carbons (Fsp3) is 0.348. The lowest BCUT2D eigenvalue weighted by atomic mass is 9.81. The molecule has 0 unspecified atom stereocenters. The average Bonchev–Trinajstić information content (AvgIpc) is 2.73. The third kappa shape index (κ3) is 2.65. The predicted molar refractivity (Wildman–Crippen MR) is 107 cm³/mol. The maximum absolute atomic E-state index is 14.9. The molecule has 0 bridgehead atoms. The summed E-state index contributed by atoms with van der Waals surface area (Å²) >= 11 is 0. The van der Waals surface area contributed by atoms with E-state index < -0.39 is 23.4 Å². The molecule has 0 spiro atoms. The molecule has 0 fully saturated rings. The quantitative estimate of drug-likeness (QED) is 0.740. The monoisotopic (exact) mass is 411 g/mol. The summed E-state index contributed by atoms with van der Waals surface area (Å²) in [5.74, 6) is 0.488. The van der Waals surface area contributed by atoms with Crippen molar-refractivity contribution >= 4 is 11.9 Å². The summed E-state index contributed by atoms with van der Waals surface area (Å²) in [4.78, 5) is 13.5. The summed E-state index contributed by atoms with van der Waals surface area (Å²) in [5, 5.41) is 0. The molecule has 7 heteroatoms. The van der Waals surface area contributed by atoms with Crippen molar-refractivity contribution in [3.05, 3.63) is 46.8 Å². The van der Waals surface area contributed by atoms with Gasteiger partial charge in [-0.3, -0.25) is 4.79 Å². The van der Waals surface area contributed by atoms with Gasteiger partial charge in [0, 0.05) is 11.6 Å². The second kappa shape index (κ2) is 6.39. The van der Waals surface area contributed by atoms with Crippen molar-refractivity contribution in [1.29, 1.82) is 0 Å². The molecule has 2 aromatic carbocycles. The van der Waals surface area contributed by atoms with Crippen LogP contribution in [0.4, 0.5) is 4.39 Å². The normalized spacial score (nSPS) is 22.4. The molecule has 2 aromatic rings. The summed E-state index contributed by atoms with van der Waals surface area (Å²) in [6, 6.07) is 4.62. The maximum atomic E-state index is 14.9. The molecule has 0 aromatic heterocycles. The topological polar surface area (TPSA) is 63.2 Å². The highest BCUT2D eigenvalue weighted by molar-refractivity contribution is 6.06. The van der Waals surface area contributed by atoms with Crippen LogP contribution in [0.25, 0.3) is 6.08 Å². The zero-order valence-electron chi connectivity index (χ0n) is 17.1. The Bertz CT molecular complexity index is 1100. The Morgan fingerprint density at radius 1 is 1.10 bits per heavy atom. The van der Waals surface area contributed by atoms with Crippen molar-refractivity contribution in [1.82, 2.24) is 0 Å². The smallest absolute Gasteiger partial charge is 0.178 e. The third-order valence-corrected chi connectivity index (χ3v) is 5.68. The molecular formula is C23H21FO6. The van der Waals surface area contributed by atoms with E-state index in [1.165, 1.54) is 20.3 Å². The number of ketones is 1. The SMILES string of the molecule is COc1cc2c(cc1OC)[C@@H]1C(=O)c3cc([18F])c4c(c3O[C@@H]1CO2)C=CC(C)(C)O4. The molecule has 0 N–H and O–H groups in total. The highest BCUT2D eigenvalue weighted by Crippen LogP contribution is 2.50. The van der Waals surface area contributed by atoms with E-state index in [4.69, 9.17) is 23.7 Å². The van der Waals surface area contributed by atoms with Crippen LogP contribution in [0.1, 0.15) is 41.3 Å². The van der Waals surface area contributed by atoms with E-state index >= 15 is 0 Å². The van der Waals surface area contributed by atoms with Gasteiger partial charge in [-0.2, -0.15) is 0 Å². The Hall–Kier alpha value is -3.22. The van der Waals surface area contributed by atoms with Crippen LogP contribution in [0.15, 0.2) is 24.3 Å². The summed E-state index contributed by atoms with van der Waals surface area (Å²) in [6.45, 7) is 3.85. The van der Waals surface area contributed by atoms with Crippen LogP contribution in [0.3, 0.4) is 0 Å². The molecule has 0 saturated carbocycles. The van der Waals surface area contributed by atoms with Crippen molar-refractivity contribution in [2.75, 3.05) is 20.8 Å². The first kappa shape index (κ1) is 18.8. The number of benzene rings is 2. The number of carbonyl (C=O) groups excluding carboxylic acids is 1. The molecule has 0 aliphatic carbocycles. The van der Waals surface area contributed by atoms with E-state index in [-0.39, 0.29) is 23.7 Å². The lowest BCUT2D eigenvalue weighted by Gasteiger charge is -2.39. The maximum Gasteiger partial charge on any atom is 0.178 e. The highest BCUT2D eigenvalue weighted by atomic mass is 18.2. The molecule has 0 saturated heterocycles. The largest absolute Gasteiger partial charge is 0.493 e. The van der Waals surface area contributed by atoms with Gasteiger partial charge < -0.3 is 23.7 Å². The fourth-order valence-electron chi connectivity index (χ4n) is 4.22. The zero-order valence-corrected chi connectivity index (χ0v) is 17.1. The highest BCUT2D eigenvalue weighted by Gasteiger charge is 2.45. The van der Waals surface area contributed by atoms with E-state index in [0.29, 0.717) is 34.1 Å². The van der Waals surface area contributed by atoms with E-state index in [9.17, 15) is 9.18 Å². The van der Waals surface area contributed by atoms with Crippen LogP contribution in [-0.2, 0) is 0 Å². The summed E-state index contributed by atoms with van der Waals surface area (Å²) in [5.41, 5.74) is 0.620. The van der Waals surface area contributed by atoms with Crippen LogP contribution in [0.2, 0.25) is 0 Å². The number of rotatable bonds is 2. The first-order chi connectivity index (χ1) is 14.3. The van der Waals surface area contributed by atoms with Crippen LogP contribution < -0.4 is 23.7 Å². The minimum Gasteiger partial charge on any atom is -0.493 e. The Morgan fingerprint density at radius 3 is 2.57 bits per heavy atom. The second-order valence-electron chi connectivity index (χ2n) is 8.07. The van der Waals surface area contributed by atoms with Crippen LogP contribution in [0, 0.1) is 5.82 Å². The van der Waals surface area contributed by atoms with Crippen molar-refractivity contribution < 1.29 is 32.9 Å². The van der Waals surface area contributed by atoms with Gasteiger partial charge in [0.1, 0.15) is 29.8 Å². The lowest BCUT2D eigenvalue weighted by molar-refractivity contribution is 0.0550. The van der Waals surface area contributed by atoms with Gasteiger partial charge in [-0.15, -0.1) is 0 Å². The van der Waals surface area contributed by atoms with Gasteiger partial charge in [-0.25, -0.2) is 4.39 Å². The third-order valence-electron chi connectivity index (χ3n) is 5.68. The molecule has 5 rings (SSSR count). The predicted octanol–water partition coefficient (Wildman–Crippen LogP) is 4.15. The molecule has 30 heavy (non-hydrogen) atoms. The van der Waals surface area contributed by atoms with Gasteiger partial charge in [0.05, 0.1) is 31.3 Å².